The number of aromatic nitrogens is 4. The number of fused-ring (bicyclic) bond motifs is 1. The van der Waals surface area contributed by atoms with Crippen LogP contribution in [0.5, 0.6) is 11.8 Å². The van der Waals surface area contributed by atoms with E-state index < -0.39 is 5.60 Å². The van der Waals surface area contributed by atoms with Crippen LogP contribution >= 0.6 is 11.6 Å². The highest BCUT2D eigenvalue weighted by Gasteiger charge is 2.33. The second-order valence-electron chi connectivity index (χ2n) is 9.07. The third-order valence-corrected chi connectivity index (χ3v) is 5.67. The van der Waals surface area contributed by atoms with Crippen molar-refractivity contribution in [2.45, 2.75) is 38.8 Å². The lowest BCUT2D eigenvalue weighted by Crippen LogP contribution is -2.35. The van der Waals surface area contributed by atoms with Gasteiger partial charge >= 0.3 is 6.09 Å². The SMILES string of the molecule is COc1cc(C#Cc2nn([C@H]3CCN(C(=O)OC(C)(C)C)C3)c3c(Cl)cnc(N)c23)cc(OC)n1. The van der Waals surface area contributed by atoms with Crippen LogP contribution in [-0.4, -0.2) is 63.7 Å². The first-order valence-electron chi connectivity index (χ1n) is 11.0. The zero-order valence-electron chi connectivity index (χ0n) is 20.3. The van der Waals surface area contributed by atoms with Gasteiger partial charge in [-0.1, -0.05) is 17.5 Å². The molecule has 1 aliphatic heterocycles. The number of anilines is 1. The highest BCUT2D eigenvalue weighted by Crippen LogP contribution is 2.34. The van der Waals surface area contributed by atoms with E-state index in [0.29, 0.717) is 58.5 Å². The van der Waals surface area contributed by atoms with E-state index in [2.05, 4.69) is 21.8 Å². The van der Waals surface area contributed by atoms with Gasteiger partial charge in [0.05, 0.1) is 42.4 Å². The molecule has 1 aliphatic rings. The van der Waals surface area contributed by atoms with Crippen LogP contribution in [0, 0.1) is 11.8 Å². The maximum Gasteiger partial charge on any atom is 0.410 e. The molecule has 184 valence electrons. The van der Waals surface area contributed by atoms with Crippen molar-refractivity contribution in [2.75, 3.05) is 33.0 Å². The molecule has 0 radical (unpaired) electrons. The molecule has 2 N–H and O–H groups in total. The number of carbonyl (C=O) groups excluding carboxylic acids is 1. The molecule has 0 aliphatic carbocycles. The molecule has 0 spiro atoms. The van der Waals surface area contributed by atoms with Crippen LogP contribution in [0.1, 0.15) is 44.5 Å². The Hall–Kier alpha value is -3.71. The number of halogens is 1. The number of likely N-dealkylation sites (tertiary alicyclic amines) is 1. The highest BCUT2D eigenvalue weighted by atomic mass is 35.5. The average Bonchev–Trinajstić information content (AvgIpc) is 3.44. The normalized spacial score (nSPS) is 15.6. The van der Waals surface area contributed by atoms with Gasteiger partial charge in [-0.25, -0.2) is 9.78 Å². The molecule has 4 heterocycles. The van der Waals surface area contributed by atoms with E-state index in [4.69, 9.17) is 36.6 Å². The van der Waals surface area contributed by atoms with E-state index in [0.717, 1.165) is 0 Å². The van der Waals surface area contributed by atoms with E-state index >= 15 is 0 Å². The molecule has 35 heavy (non-hydrogen) atoms. The van der Waals surface area contributed by atoms with E-state index in [1.807, 2.05) is 20.8 Å². The van der Waals surface area contributed by atoms with Crippen molar-refractivity contribution in [3.8, 4) is 23.6 Å². The Kier molecular flexibility index (Phi) is 6.63. The second kappa shape index (κ2) is 9.50. The number of methoxy groups -OCH3 is 2. The molecule has 0 aromatic carbocycles. The van der Waals surface area contributed by atoms with Crippen molar-refractivity contribution in [3.05, 3.63) is 34.6 Å². The number of nitrogen functional groups attached to an aromatic ring is 1. The molecule has 3 aromatic heterocycles. The number of amides is 1. The van der Waals surface area contributed by atoms with Crippen molar-refractivity contribution in [1.29, 1.82) is 0 Å². The zero-order valence-corrected chi connectivity index (χ0v) is 21.0. The molecule has 1 saturated heterocycles. The summed E-state index contributed by atoms with van der Waals surface area (Å²) in [6.45, 7) is 6.49. The van der Waals surface area contributed by atoms with Crippen molar-refractivity contribution >= 4 is 34.4 Å². The molecule has 11 heteroatoms. The third kappa shape index (κ3) is 5.20. The largest absolute Gasteiger partial charge is 0.481 e. The second-order valence-corrected chi connectivity index (χ2v) is 9.47. The molecule has 0 saturated carbocycles. The topological polar surface area (TPSA) is 118 Å². The Labute approximate surface area is 208 Å². The fourth-order valence-corrected chi connectivity index (χ4v) is 4.07. The molecule has 1 atom stereocenters. The zero-order chi connectivity index (χ0) is 25.3. The number of carbonyl (C=O) groups is 1. The monoisotopic (exact) mass is 498 g/mol. The van der Waals surface area contributed by atoms with E-state index in [1.165, 1.54) is 20.4 Å². The van der Waals surface area contributed by atoms with E-state index in [-0.39, 0.29) is 18.0 Å². The minimum absolute atomic E-state index is 0.124. The molecule has 3 aromatic rings. The van der Waals surface area contributed by atoms with Crippen molar-refractivity contribution < 1.29 is 19.0 Å². The Bertz CT molecular complexity index is 1320. The number of hydrogen-bond acceptors (Lipinski definition) is 8. The summed E-state index contributed by atoms with van der Waals surface area (Å²) >= 11 is 6.53. The van der Waals surface area contributed by atoms with Gasteiger partial charge in [0.1, 0.15) is 17.1 Å². The first-order valence-corrected chi connectivity index (χ1v) is 11.4. The third-order valence-electron chi connectivity index (χ3n) is 5.39. The Morgan fingerprint density at radius 3 is 2.51 bits per heavy atom. The first-order chi connectivity index (χ1) is 16.6. The Balaban J connectivity index is 1.72. The molecule has 0 bridgehead atoms. The number of rotatable bonds is 3. The van der Waals surface area contributed by atoms with Gasteiger partial charge in [0.2, 0.25) is 11.8 Å². The number of hydrogen-bond donors (Lipinski definition) is 1. The van der Waals surface area contributed by atoms with Gasteiger partial charge in [-0.15, -0.1) is 0 Å². The number of ether oxygens (including phenoxy) is 3. The van der Waals surface area contributed by atoms with Gasteiger partial charge in [0.15, 0.2) is 0 Å². The molecule has 1 fully saturated rings. The van der Waals surface area contributed by atoms with Gasteiger partial charge < -0.3 is 24.8 Å². The van der Waals surface area contributed by atoms with Crippen LogP contribution in [-0.2, 0) is 4.74 Å². The average molecular weight is 499 g/mol. The van der Waals surface area contributed by atoms with Gasteiger partial charge in [0.25, 0.3) is 0 Å². The lowest BCUT2D eigenvalue weighted by molar-refractivity contribution is 0.0288. The van der Waals surface area contributed by atoms with Crippen LogP contribution in [0.2, 0.25) is 5.02 Å². The molecule has 1 amide bonds. The highest BCUT2D eigenvalue weighted by molar-refractivity contribution is 6.35. The number of nitrogens with two attached hydrogens (primary N) is 1. The quantitative estimate of drug-likeness (QED) is 0.543. The lowest BCUT2D eigenvalue weighted by Gasteiger charge is -2.24. The summed E-state index contributed by atoms with van der Waals surface area (Å²) < 4.78 is 17.7. The fraction of sp³-hybridized carbons (Fsp3) is 0.417. The molecule has 4 rings (SSSR count). The number of pyridine rings is 2. The van der Waals surface area contributed by atoms with Crippen LogP contribution in [0.3, 0.4) is 0 Å². The summed E-state index contributed by atoms with van der Waals surface area (Å²) in [7, 11) is 3.04. The van der Waals surface area contributed by atoms with Crippen LogP contribution < -0.4 is 15.2 Å². The summed E-state index contributed by atoms with van der Waals surface area (Å²) in [6.07, 6.45) is 1.82. The Morgan fingerprint density at radius 1 is 1.20 bits per heavy atom. The standard InChI is InChI=1S/C24H27ClN6O4/c1-24(2,3)35-23(32)30-9-8-15(13-30)31-21-16(25)12-27-22(26)20(21)17(29-31)7-6-14-10-18(33-4)28-19(11-14)34-5/h10-12,15H,8-9,13H2,1-5H3,(H2,26,27)/t15-/m0/s1. The maximum absolute atomic E-state index is 12.6. The minimum atomic E-state index is -0.571. The maximum atomic E-state index is 12.6. The Morgan fingerprint density at radius 2 is 1.89 bits per heavy atom. The lowest BCUT2D eigenvalue weighted by atomic mass is 10.2. The predicted octanol–water partition coefficient (Wildman–Crippen LogP) is 3.66. The predicted molar refractivity (Wildman–Crippen MR) is 132 cm³/mol. The van der Waals surface area contributed by atoms with Gasteiger partial charge in [-0.05, 0) is 33.1 Å². The molecular weight excluding hydrogens is 472 g/mol. The van der Waals surface area contributed by atoms with Crippen molar-refractivity contribution in [1.82, 2.24) is 24.6 Å². The van der Waals surface area contributed by atoms with Gasteiger partial charge in [0, 0.05) is 30.8 Å². The molecular formula is C24H27ClN6O4. The van der Waals surface area contributed by atoms with Crippen LogP contribution in [0.25, 0.3) is 10.9 Å². The summed E-state index contributed by atoms with van der Waals surface area (Å²) in [4.78, 5) is 22.6. The van der Waals surface area contributed by atoms with E-state index in [1.54, 1.807) is 21.7 Å². The smallest absolute Gasteiger partial charge is 0.410 e. The minimum Gasteiger partial charge on any atom is -0.481 e. The molecule has 0 unspecified atom stereocenters. The van der Waals surface area contributed by atoms with Gasteiger partial charge in [-0.2, -0.15) is 10.1 Å². The van der Waals surface area contributed by atoms with Crippen LogP contribution in [0.15, 0.2) is 18.3 Å². The first kappa shape index (κ1) is 24.4. The van der Waals surface area contributed by atoms with Crippen molar-refractivity contribution in [3.63, 3.8) is 0 Å². The van der Waals surface area contributed by atoms with Crippen molar-refractivity contribution in [2.24, 2.45) is 0 Å². The number of nitrogens with zero attached hydrogens (tertiary/aromatic N) is 5. The summed E-state index contributed by atoms with van der Waals surface area (Å²) in [6, 6.07) is 3.26. The van der Waals surface area contributed by atoms with E-state index in [9.17, 15) is 4.79 Å². The fourth-order valence-electron chi connectivity index (χ4n) is 3.84. The van der Waals surface area contributed by atoms with Gasteiger partial charge in [-0.3, -0.25) is 4.68 Å². The van der Waals surface area contributed by atoms with Crippen LogP contribution in [0.4, 0.5) is 10.6 Å². The summed E-state index contributed by atoms with van der Waals surface area (Å²) in [5.41, 5.74) is 7.33. The summed E-state index contributed by atoms with van der Waals surface area (Å²) in [5, 5.41) is 5.71. The molecule has 10 nitrogen and oxygen atoms in total. The summed E-state index contributed by atoms with van der Waals surface area (Å²) in [5.74, 6) is 7.17.